The van der Waals surface area contributed by atoms with Crippen molar-refractivity contribution in [3.8, 4) is 6.07 Å². The van der Waals surface area contributed by atoms with Crippen molar-refractivity contribution in [3.05, 3.63) is 47.4 Å². The molecule has 6 heteroatoms. The van der Waals surface area contributed by atoms with Crippen molar-refractivity contribution in [2.24, 2.45) is 7.05 Å². The Hall–Kier alpha value is -2.94. The Morgan fingerprint density at radius 3 is 2.61 bits per heavy atom. The van der Waals surface area contributed by atoms with E-state index in [-0.39, 0.29) is 11.4 Å². The highest BCUT2D eigenvalue weighted by Gasteiger charge is 2.45. The molecule has 1 N–H and O–H groups in total. The summed E-state index contributed by atoms with van der Waals surface area (Å²) in [5, 5.41) is 17.8. The molecule has 2 heterocycles. The van der Waals surface area contributed by atoms with Gasteiger partial charge in [-0.15, -0.1) is 0 Å². The lowest BCUT2D eigenvalue weighted by molar-refractivity contribution is 0.782. The molecule has 0 aliphatic heterocycles. The minimum absolute atomic E-state index is 0.0997. The van der Waals surface area contributed by atoms with Crippen molar-refractivity contribution in [1.29, 1.82) is 5.26 Å². The SMILES string of the molecule is Cc1ccc(C2(Nc3nc(C#N)nc4c3cnn4C)CC2)cc1. The summed E-state index contributed by atoms with van der Waals surface area (Å²) in [5.41, 5.74) is 3.06. The number of anilines is 1. The Balaban J connectivity index is 1.78. The number of rotatable bonds is 3. The zero-order chi connectivity index (χ0) is 16.0. The average Bonchev–Trinajstić information content (AvgIpc) is 3.24. The minimum Gasteiger partial charge on any atom is -0.360 e. The van der Waals surface area contributed by atoms with E-state index in [4.69, 9.17) is 0 Å². The Morgan fingerprint density at radius 2 is 1.96 bits per heavy atom. The number of nitriles is 1. The van der Waals surface area contributed by atoms with Crippen LogP contribution in [0.4, 0.5) is 5.82 Å². The lowest BCUT2D eigenvalue weighted by atomic mass is 10.0. The molecule has 0 amide bonds. The van der Waals surface area contributed by atoms with Gasteiger partial charge in [-0.2, -0.15) is 15.3 Å². The quantitative estimate of drug-likeness (QED) is 0.804. The molecular formula is C17H16N6. The Bertz CT molecular complexity index is 928. The van der Waals surface area contributed by atoms with Gasteiger partial charge in [0.2, 0.25) is 5.82 Å². The van der Waals surface area contributed by atoms with E-state index in [1.54, 1.807) is 10.9 Å². The van der Waals surface area contributed by atoms with Gasteiger partial charge in [-0.05, 0) is 25.3 Å². The van der Waals surface area contributed by atoms with Crippen molar-refractivity contribution >= 4 is 16.9 Å². The smallest absolute Gasteiger partial charge is 0.236 e. The highest BCUT2D eigenvalue weighted by Crippen LogP contribution is 2.48. The van der Waals surface area contributed by atoms with Gasteiger partial charge in [-0.25, -0.2) is 4.98 Å². The lowest BCUT2D eigenvalue weighted by Crippen LogP contribution is -2.20. The van der Waals surface area contributed by atoms with Gasteiger partial charge in [0, 0.05) is 7.05 Å². The molecule has 4 rings (SSSR count). The molecule has 6 nitrogen and oxygen atoms in total. The Kier molecular flexibility index (Phi) is 2.85. The normalized spacial score (nSPS) is 15.3. The predicted octanol–water partition coefficient (Wildman–Crippen LogP) is 2.64. The second-order valence-corrected chi connectivity index (χ2v) is 6.09. The van der Waals surface area contributed by atoms with Crippen LogP contribution in [0.1, 0.15) is 29.8 Å². The van der Waals surface area contributed by atoms with Gasteiger partial charge >= 0.3 is 0 Å². The number of hydrogen-bond donors (Lipinski definition) is 1. The molecule has 0 atom stereocenters. The second-order valence-electron chi connectivity index (χ2n) is 6.09. The third-order valence-corrected chi connectivity index (χ3v) is 4.40. The van der Waals surface area contributed by atoms with E-state index in [1.807, 2.05) is 13.1 Å². The molecule has 1 fully saturated rings. The lowest BCUT2D eigenvalue weighted by Gasteiger charge is -2.19. The zero-order valence-corrected chi connectivity index (χ0v) is 13.0. The summed E-state index contributed by atoms with van der Waals surface area (Å²) in [4.78, 5) is 8.60. The standard InChI is InChI=1S/C17H16N6/c1-11-3-5-12(6-4-11)17(7-8-17)22-15-13-10-19-23(2)16(13)21-14(9-18)20-15/h3-6,10H,7-8H2,1-2H3,(H,20,21,22). The van der Waals surface area contributed by atoms with Crippen molar-refractivity contribution in [2.45, 2.75) is 25.3 Å². The molecule has 114 valence electrons. The molecular weight excluding hydrogens is 288 g/mol. The van der Waals surface area contributed by atoms with Crippen LogP contribution in [0.2, 0.25) is 0 Å². The van der Waals surface area contributed by atoms with Gasteiger partial charge in [0.25, 0.3) is 0 Å². The van der Waals surface area contributed by atoms with Crippen LogP contribution in [0, 0.1) is 18.3 Å². The number of hydrogen-bond acceptors (Lipinski definition) is 5. The van der Waals surface area contributed by atoms with Crippen molar-refractivity contribution in [2.75, 3.05) is 5.32 Å². The maximum Gasteiger partial charge on any atom is 0.236 e. The van der Waals surface area contributed by atoms with Gasteiger partial charge in [0.1, 0.15) is 11.9 Å². The molecule has 1 aliphatic rings. The molecule has 2 aromatic heterocycles. The van der Waals surface area contributed by atoms with Gasteiger partial charge < -0.3 is 5.32 Å². The van der Waals surface area contributed by atoms with Gasteiger partial charge in [-0.3, -0.25) is 4.68 Å². The summed E-state index contributed by atoms with van der Waals surface area (Å²) in [6.45, 7) is 2.08. The fraction of sp³-hybridized carbons (Fsp3) is 0.294. The van der Waals surface area contributed by atoms with Gasteiger partial charge in [0.15, 0.2) is 5.65 Å². The van der Waals surface area contributed by atoms with E-state index in [2.05, 4.69) is 51.6 Å². The first-order valence-corrected chi connectivity index (χ1v) is 7.56. The second kappa shape index (κ2) is 4.78. The van der Waals surface area contributed by atoms with Crippen LogP contribution < -0.4 is 5.32 Å². The third kappa shape index (κ3) is 2.21. The number of fused-ring (bicyclic) bond motifs is 1. The van der Waals surface area contributed by atoms with Crippen LogP contribution in [0.15, 0.2) is 30.5 Å². The van der Waals surface area contributed by atoms with Gasteiger partial charge in [-0.1, -0.05) is 29.8 Å². The summed E-state index contributed by atoms with van der Waals surface area (Å²) in [6, 6.07) is 10.6. The molecule has 0 unspecified atom stereocenters. The van der Waals surface area contributed by atoms with E-state index in [0.29, 0.717) is 11.5 Å². The Morgan fingerprint density at radius 1 is 1.22 bits per heavy atom. The molecule has 1 aliphatic carbocycles. The van der Waals surface area contributed by atoms with Crippen molar-refractivity contribution in [3.63, 3.8) is 0 Å². The van der Waals surface area contributed by atoms with Crippen LogP contribution in [0.5, 0.6) is 0 Å². The molecule has 0 bridgehead atoms. The summed E-state index contributed by atoms with van der Waals surface area (Å²) < 4.78 is 1.66. The topological polar surface area (TPSA) is 79.4 Å². The van der Waals surface area contributed by atoms with E-state index in [1.165, 1.54) is 11.1 Å². The van der Waals surface area contributed by atoms with Crippen LogP contribution >= 0.6 is 0 Å². The van der Waals surface area contributed by atoms with E-state index in [0.717, 1.165) is 18.2 Å². The van der Waals surface area contributed by atoms with Crippen molar-refractivity contribution in [1.82, 2.24) is 19.7 Å². The average molecular weight is 304 g/mol. The highest BCUT2D eigenvalue weighted by atomic mass is 15.3. The maximum atomic E-state index is 9.18. The highest BCUT2D eigenvalue weighted by molar-refractivity contribution is 5.87. The fourth-order valence-electron chi connectivity index (χ4n) is 2.88. The number of benzene rings is 1. The van der Waals surface area contributed by atoms with Crippen LogP contribution in [0.3, 0.4) is 0 Å². The largest absolute Gasteiger partial charge is 0.360 e. The fourth-order valence-corrected chi connectivity index (χ4v) is 2.88. The Labute approximate surface area is 133 Å². The number of nitrogens with zero attached hydrogens (tertiary/aromatic N) is 5. The summed E-state index contributed by atoms with van der Waals surface area (Å²) in [7, 11) is 1.81. The third-order valence-electron chi connectivity index (χ3n) is 4.40. The monoisotopic (exact) mass is 304 g/mol. The molecule has 0 spiro atoms. The predicted molar refractivity (Wildman–Crippen MR) is 86.7 cm³/mol. The molecule has 1 aromatic carbocycles. The zero-order valence-electron chi connectivity index (χ0n) is 13.0. The first-order chi connectivity index (χ1) is 11.1. The van der Waals surface area contributed by atoms with E-state index >= 15 is 0 Å². The number of aromatic nitrogens is 4. The van der Waals surface area contributed by atoms with Crippen LogP contribution in [-0.2, 0) is 12.6 Å². The van der Waals surface area contributed by atoms with E-state index in [9.17, 15) is 5.26 Å². The maximum absolute atomic E-state index is 9.18. The van der Waals surface area contributed by atoms with Crippen molar-refractivity contribution < 1.29 is 0 Å². The minimum atomic E-state index is -0.0997. The molecule has 23 heavy (non-hydrogen) atoms. The molecule has 3 aromatic rings. The molecule has 0 radical (unpaired) electrons. The van der Waals surface area contributed by atoms with E-state index < -0.39 is 0 Å². The van der Waals surface area contributed by atoms with Crippen LogP contribution in [-0.4, -0.2) is 19.7 Å². The molecule has 0 saturated heterocycles. The molecule has 1 saturated carbocycles. The van der Waals surface area contributed by atoms with Gasteiger partial charge in [0.05, 0.1) is 17.1 Å². The first-order valence-electron chi connectivity index (χ1n) is 7.56. The summed E-state index contributed by atoms with van der Waals surface area (Å²) in [6.07, 6.45) is 3.83. The first kappa shape index (κ1) is 13.7. The number of aryl methyl sites for hydroxylation is 2. The van der Waals surface area contributed by atoms with Crippen LogP contribution in [0.25, 0.3) is 11.0 Å². The summed E-state index contributed by atoms with van der Waals surface area (Å²) in [5.74, 6) is 0.834. The number of nitrogens with one attached hydrogen (secondary N) is 1. The summed E-state index contributed by atoms with van der Waals surface area (Å²) >= 11 is 0.